The summed E-state index contributed by atoms with van der Waals surface area (Å²) < 4.78 is 13.4. The molecule has 1 aromatic heterocycles. The summed E-state index contributed by atoms with van der Waals surface area (Å²) in [6, 6.07) is 8.77. The predicted octanol–water partition coefficient (Wildman–Crippen LogP) is 2.49. The molecule has 2 N–H and O–H groups in total. The van der Waals surface area contributed by atoms with Crippen LogP contribution in [0.2, 0.25) is 0 Å². The van der Waals surface area contributed by atoms with Gasteiger partial charge in [0.25, 0.3) is 5.91 Å². The van der Waals surface area contributed by atoms with Gasteiger partial charge < -0.3 is 10.4 Å². The maximum Gasteiger partial charge on any atom is 0.263 e. The van der Waals surface area contributed by atoms with E-state index in [-0.39, 0.29) is 5.56 Å². The largest absolute Gasteiger partial charge is 0.507 e. The van der Waals surface area contributed by atoms with Crippen LogP contribution in [-0.4, -0.2) is 16.0 Å². The number of nitrogens with one attached hydrogen (secondary N) is 1. The van der Waals surface area contributed by atoms with Crippen molar-refractivity contribution in [3.05, 3.63) is 53.5 Å². The van der Waals surface area contributed by atoms with Crippen LogP contribution in [0.15, 0.2) is 36.4 Å². The van der Waals surface area contributed by atoms with Gasteiger partial charge in [0.05, 0.1) is 0 Å². The quantitative estimate of drug-likeness (QED) is 0.855. The van der Waals surface area contributed by atoms with Gasteiger partial charge in [-0.15, -0.1) is 0 Å². The van der Waals surface area contributed by atoms with Crippen LogP contribution in [0.4, 0.5) is 10.2 Å². The summed E-state index contributed by atoms with van der Waals surface area (Å²) in [5, 5.41) is 11.9. The number of nitrogens with zero attached hydrogens (tertiary/aromatic N) is 1. The summed E-state index contributed by atoms with van der Waals surface area (Å²) in [7, 11) is 0. The Kier molecular flexibility index (Phi) is 3.23. The molecular weight excluding hydrogens is 235 g/mol. The summed E-state index contributed by atoms with van der Waals surface area (Å²) in [4.78, 5) is 15.9. The molecule has 0 aliphatic carbocycles. The second kappa shape index (κ2) is 4.83. The third-order valence-electron chi connectivity index (χ3n) is 2.35. The summed E-state index contributed by atoms with van der Waals surface area (Å²) in [6.45, 7) is 1.77. The minimum atomic E-state index is -0.778. The van der Waals surface area contributed by atoms with Crippen LogP contribution in [-0.2, 0) is 0 Å². The SMILES string of the molecule is Cc1cccc(NC(=O)c2c(O)cccc2F)n1. The standard InChI is InChI=1S/C13H11FN2O2/c1-8-4-2-7-11(15-8)16-13(18)12-9(14)5-3-6-10(12)17/h2-7,17H,1H3,(H,15,16,18). The summed E-state index contributed by atoms with van der Waals surface area (Å²) in [6.07, 6.45) is 0. The maximum absolute atomic E-state index is 13.4. The van der Waals surface area contributed by atoms with E-state index in [1.54, 1.807) is 25.1 Å². The molecule has 1 aromatic carbocycles. The third kappa shape index (κ3) is 2.45. The van der Waals surface area contributed by atoms with Crippen LogP contribution in [0.25, 0.3) is 0 Å². The first-order valence-electron chi connectivity index (χ1n) is 5.30. The van der Waals surface area contributed by atoms with Crippen molar-refractivity contribution in [2.24, 2.45) is 0 Å². The van der Waals surface area contributed by atoms with Gasteiger partial charge in [0.1, 0.15) is 22.9 Å². The fourth-order valence-corrected chi connectivity index (χ4v) is 1.53. The number of hydrogen-bond acceptors (Lipinski definition) is 3. The number of carbonyl (C=O) groups is 1. The van der Waals surface area contributed by atoms with Crippen LogP contribution in [0, 0.1) is 12.7 Å². The van der Waals surface area contributed by atoms with Gasteiger partial charge in [-0.05, 0) is 31.2 Å². The molecule has 0 saturated carbocycles. The molecule has 0 aliphatic rings. The molecule has 18 heavy (non-hydrogen) atoms. The molecular formula is C13H11FN2O2. The highest BCUT2D eigenvalue weighted by molar-refractivity contribution is 6.05. The van der Waals surface area contributed by atoms with Gasteiger partial charge in [-0.25, -0.2) is 9.37 Å². The fourth-order valence-electron chi connectivity index (χ4n) is 1.53. The maximum atomic E-state index is 13.4. The van der Waals surface area contributed by atoms with E-state index in [4.69, 9.17) is 0 Å². The van der Waals surface area contributed by atoms with Crippen molar-refractivity contribution in [1.82, 2.24) is 4.98 Å². The fraction of sp³-hybridized carbons (Fsp3) is 0.0769. The van der Waals surface area contributed by atoms with E-state index >= 15 is 0 Å². The molecule has 0 saturated heterocycles. The summed E-state index contributed by atoms with van der Waals surface area (Å²) in [5.74, 6) is -1.60. The molecule has 0 atom stereocenters. The van der Waals surface area contributed by atoms with Crippen molar-refractivity contribution in [1.29, 1.82) is 0 Å². The zero-order valence-corrected chi connectivity index (χ0v) is 9.64. The first-order valence-corrected chi connectivity index (χ1v) is 5.30. The lowest BCUT2D eigenvalue weighted by atomic mass is 10.1. The molecule has 0 spiro atoms. The van der Waals surface area contributed by atoms with Crippen molar-refractivity contribution >= 4 is 11.7 Å². The number of amides is 1. The number of rotatable bonds is 2. The average molecular weight is 246 g/mol. The number of pyridine rings is 1. The molecule has 0 fully saturated rings. The van der Waals surface area contributed by atoms with E-state index < -0.39 is 17.5 Å². The lowest BCUT2D eigenvalue weighted by Gasteiger charge is -2.07. The summed E-state index contributed by atoms with van der Waals surface area (Å²) >= 11 is 0. The monoisotopic (exact) mass is 246 g/mol. The number of aromatic hydroxyl groups is 1. The normalized spacial score (nSPS) is 10.1. The van der Waals surface area contributed by atoms with Gasteiger partial charge >= 0.3 is 0 Å². The second-order valence-corrected chi connectivity index (χ2v) is 3.75. The molecule has 0 radical (unpaired) electrons. The van der Waals surface area contributed by atoms with Crippen molar-refractivity contribution in [2.45, 2.75) is 6.92 Å². The highest BCUT2D eigenvalue weighted by Gasteiger charge is 2.16. The van der Waals surface area contributed by atoms with Gasteiger partial charge in [0.15, 0.2) is 0 Å². The van der Waals surface area contributed by atoms with Crippen molar-refractivity contribution in [3.63, 3.8) is 0 Å². The minimum Gasteiger partial charge on any atom is -0.507 e. The van der Waals surface area contributed by atoms with E-state index in [0.29, 0.717) is 5.82 Å². The lowest BCUT2D eigenvalue weighted by molar-refractivity contribution is 0.102. The Balaban J connectivity index is 2.28. The van der Waals surface area contributed by atoms with Gasteiger partial charge in [0, 0.05) is 5.69 Å². The lowest BCUT2D eigenvalue weighted by Crippen LogP contribution is -2.15. The van der Waals surface area contributed by atoms with Gasteiger partial charge in [-0.3, -0.25) is 4.79 Å². The van der Waals surface area contributed by atoms with Crippen LogP contribution in [0.3, 0.4) is 0 Å². The average Bonchev–Trinajstić information content (AvgIpc) is 2.28. The molecule has 0 unspecified atom stereocenters. The predicted molar refractivity (Wildman–Crippen MR) is 65.0 cm³/mol. The number of phenols is 1. The first-order chi connectivity index (χ1) is 8.58. The number of carbonyl (C=O) groups excluding carboxylic acids is 1. The highest BCUT2D eigenvalue weighted by Crippen LogP contribution is 2.20. The molecule has 4 nitrogen and oxygen atoms in total. The molecule has 5 heteroatoms. The van der Waals surface area contributed by atoms with E-state index in [2.05, 4.69) is 10.3 Å². The van der Waals surface area contributed by atoms with E-state index in [1.165, 1.54) is 12.1 Å². The minimum absolute atomic E-state index is 0.308. The number of aryl methyl sites for hydroxylation is 1. The van der Waals surface area contributed by atoms with Crippen LogP contribution < -0.4 is 5.32 Å². The Morgan fingerprint density at radius 1 is 1.28 bits per heavy atom. The molecule has 92 valence electrons. The number of anilines is 1. The molecule has 1 heterocycles. The number of benzene rings is 1. The Morgan fingerprint density at radius 3 is 2.67 bits per heavy atom. The topological polar surface area (TPSA) is 62.2 Å². The smallest absolute Gasteiger partial charge is 0.263 e. The number of aromatic nitrogens is 1. The van der Waals surface area contributed by atoms with E-state index in [1.807, 2.05) is 0 Å². The summed E-state index contributed by atoms with van der Waals surface area (Å²) in [5.41, 5.74) is 0.339. The highest BCUT2D eigenvalue weighted by atomic mass is 19.1. The molecule has 0 bridgehead atoms. The zero-order valence-electron chi connectivity index (χ0n) is 9.64. The van der Waals surface area contributed by atoms with Crippen LogP contribution in [0.1, 0.15) is 16.1 Å². The van der Waals surface area contributed by atoms with Gasteiger partial charge in [-0.2, -0.15) is 0 Å². The third-order valence-corrected chi connectivity index (χ3v) is 2.35. The van der Waals surface area contributed by atoms with Gasteiger partial charge in [0.2, 0.25) is 0 Å². The Hall–Kier alpha value is -2.43. The number of hydrogen-bond donors (Lipinski definition) is 2. The number of halogens is 1. The number of phenolic OH excluding ortho intramolecular Hbond substituents is 1. The second-order valence-electron chi connectivity index (χ2n) is 3.75. The molecule has 2 aromatic rings. The van der Waals surface area contributed by atoms with E-state index in [9.17, 15) is 14.3 Å². The molecule has 2 rings (SSSR count). The Labute approximate surface area is 103 Å². The Morgan fingerprint density at radius 2 is 2.00 bits per heavy atom. The van der Waals surface area contributed by atoms with Crippen LogP contribution in [0.5, 0.6) is 5.75 Å². The molecule has 0 aliphatic heterocycles. The van der Waals surface area contributed by atoms with E-state index in [0.717, 1.165) is 11.8 Å². The first kappa shape index (κ1) is 12.0. The molecule has 1 amide bonds. The van der Waals surface area contributed by atoms with Crippen molar-refractivity contribution < 1.29 is 14.3 Å². The zero-order chi connectivity index (χ0) is 13.1. The van der Waals surface area contributed by atoms with Crippen LogP contribution >= 0.6 is 0 Å². The van der Waals surface area contributed by atoms with Crippen molar-refractivity contribution in [2.75, 3.05) is 5.32 Å². The van der Waals surface area contributed by atoms with Gasteiger partial charge in [-0.1, -0.05) is 12.1 Å². The van der Waals surface area contributed by atoms with Crippen molar-refractivity contribution in [3.8, 4) is 5.75 Å². The Bertz CT molecular complexity index is 579.